The van der Waals surface area contributed by atoms with Crippen molar-refractivity contribution in [2.75, 3.05) is 19.7 Å². The highest BCUT2D eigenvalue weighted by Crippen LogP contribution is 2.31. The molecular weight excluding hydrogens is 298 g/mol. The lowest BCUT2D eigenvalue weighted by Gasteiger charge is -2.28. The normalized spacial score (nSPS) is 26.2. The number of rotatable bonds is 1. The second kappa shape index (κ2) is 4.80. The molecule has 2 heterocycles. The molecule has 0 aromatic heterocycles. The van der Waals surface area contributed by atoms with Gasteiger partial charge in [0.25, 0.3) is 5.91 Å². The van der Waals surface area contributed by atoms with Gasteiger partial charge in [-0.05, 0) is 18.6 Å². The average molecular weight is 312 g/mol. The van der Waals surface area contributed by atoms with Gasteiger partial charge in [-0.1, -0.05) is 28.1 Å². The van der Waals surface area contributed by atoms with Gasteiger partial charge in [-0.15, -0.1) is 0 Å². The number of alkyl halides is 1. The van der Waals surface area contributed by atoms with E-state index in [-0.39, 0.29) is 5.91 Å². The summed E-state index contributed by atoms with van der Waals surface area (Å²) in [6.45, 7) is 1.83. The maximum atomic E-state index is 12.3. The number of nitrogens with zero attached hydrogens (tertiary/aromatic N) is 1. The van der Waals surface area contributed by atoms with Crippen LogP contribution in [0.5, 0.6) is 11.5 Å². The third-order valence-electron chi connectivity index (χ3n) is 3.23. The zero-order chi connectivity index (χ0) is 12.5. The van der Waals surface area contributed by atoms with E-state index in [1.807, 2.05) is 29.2 Å². The van der Waals surface area contributed by atoms with Gasteiger partial charge in [0.05, 0.1) is 0 Å². The van der Waals surface area contributed by atoms with Crippen LogP contribution in [0.15, 0.2) is 24.3 Å². The number of carbonyl (C=O) groups is 1. The quantitative estimate of drug-likeness (QED) is 0.743. The van der Waals surface area contributed by atoms with Gasteiger partial charge in [0.2, 0.25) is 6.10 Å². The van der Waals surface area contributed by atoms with Gasteiger partial charge in [-0.3, -0.25) is 4.79 Å². The Balaban J connectivity index is 1.70. The first kappa shape index (κ1) is 11.8. The summed E-state index contributed by atoms with van der Waals surface area (Å²) < 4.78 is 11.3. The average Bonchev–Trinajstić information content (AvgIpc) is 2.84. The van der Waals surface area contributed by atoms with E-state index < -0.39 is 6.10 Å². The summed E-state index contributed by atoms with van der Waals surface area (Å²) >= 11 is 3.53. The number of benzene rings is 1. The van der Waals surface area contributed by atoms with Crippen molar-refractivity contribution in [3.05, 3.63) is 24.3 Å². The first-order chi connectivity index (χ1) is 8.74. The first-order valence-electron chi connectivity index (χ1n) is 6.05. The van der Waals surface area contributed by atoms with Crippen LogP contribution in [0.1, 0.15) is 6.42 Å². The van der Waals surface area contributed by atoms with Crippen molar-refractivity contribution in [3.8, 4) is 11.5 Å². The number of amides is 1. The number of hydrogen-bond acceptors (Lipinski definition) is 3. The van der Waals surface area contributed by atoms with Crippen molar-refractivity contribution in [2.24, 2.45) is 0 Å². The standard InChI is InChI=1S/C13H14BrNO3/c14-9-5-6-15(7-9)13(16)12-8-17-10-3-1-2-4-11(10)18-12/h1-4,9,12H,5-8H2. The van der Waals surface area contributed by atoms with Crippen LogP contribution in [0.2, 0.25) is 0 Å². The highest BCUT2D eigenvalue weighted by atomic mass is 79.9. The number of hydrogen-bond donors (Lipinski definition) is 0. The van der Waals surface area contributed by atoms with Gasteiger partial charge in [0.15, 0.2) is 11.5 Å². The molecule has 3 rings (SSSR count). The van der Waals surface area contributed by atoms with Crippen LogP contribution < -0.4 is 9.47 Å². The smallest absolute Gasteiger partial charge is 0.267 e. The van der Waals surface area contributed by atoms with Gasteiger partial charge in [-0.25, -0.2) is 0 Å². The Bertz CT molecular complexity index is 465. The van der Waals surface area contributed by atoms with Gasteiger partial charge in [-0.2, -0.15) is 0 Å². The topological polar surface area (TPSA) is 38.8 Å². The fourth-order valence-corrected chi connectivity index (χ4v) is 2.82. The van der Waals surface area contributed by atoms with Crippen molar-refractivity contribution in [1.29, 1.82) is 0 Å². The van der Waals surface area contributed by atoms with E-state index in [1.165, 1.54) is 0 Å². The molecule has 4 nitrogen and oxygen atoms in total. The minimum absolute atomic E-state index is 0.0199. The lowest BCUT2D eigenvalue weighted by Crippen LogP contribution is -2.45. The third-order valence-corrected chi connectivity index (χ3v) is 3.97. The molecule has 2 unspecified atom stereocenters. The molecule has 0 saturated carbocycles. The molecule has 1 aromatic carbocycles. The Morgan fingerprint density at radius 2 is 2.11 bits per heavy atom. The summed E-state index contributed by atoms with van der Waals surface area (Å²) in [4.78, 5) is 14.5. The molecule has 2 atom stereocenters. The highest BCUT2D eigenvalue weighted by Gasteiger charge is 2.34. The monoisotopic (exact) mass is 311 g/mol. The van der Waals surface area contributed by atoms with Crippen molar-refractivity contribution in [1.82, 2.24) is 4.90 Å². The molecular formula is C13H14BrNO3. The summed E-state index contributed by atoms with van der Waals surface area (Å²) in [5, 5.41) is 0. The maximum absolute atomic E-state index is 12.3. The van der Waals surface area contributed by atoms with Gasteiger partial charge in [0, 0.05) is 17.9 Å². The van der Waals surface area contributed by atoms with Crippen LogP contribution in [0, 0.1) is 0 Å². The van der Waals surface area contributed by atoms with Crippen LogP contribution >= 0.6 is 15.9 Å². The second-order valence-corrected chi connectivity index (χ2v) is 5.83. The van der Waals surface area contributed by atoms with E-state index in [2.05, 4.69) is 15.9 Å². The van der Waals surface area contributed by atoms with Crippen molar-refractivity contribution in [2.45, 2.75) is 17.4 Å². The minimum atomic E-state index is -0.516. The first-order valence-corrected chi connectivity index (χ1v) is 6.97. The predicted octanol–water partition coefficient (Wildman–Crippen LogP) is 1.82. The Morgan fingerprint density at radius 3 is 2.83 bits per heavy atom. The fraction of sp³-hybridized carbons (Fsp3) is 0.462. The number of ether oxygens (including phenoxy) is 2. The molecule has 0 N–H and O–H groups in total. The Hall–Kier alpha value is -1.23. The lowest BCUT2D eigenvalue weighted by molar-refractivity contribution is -0.140. The van der Waals surface area contributed by atoms with E-state index in [9.17, 15) is 4.79 Å². The van der Waals surface area contributed by atoms with E-state index in [0.717, 1.165) is 19.5 Å². The number of fused-ring (bicyclic) bond motifs is 1. The number of likely N-dealkylation sites (tertiary alicyclic amines) is 1. The molecule has 0 spiro atoms. The number of para-hydroxylation sites is 2. The van der Waals surface area contributed by atoms with Crippen LogP contribution in [-0.4, -0.2) is 41.4 Å². The highest BCUT2D eigenvalue weighted by molar-refractivity contribution is 9.09. The Morgan fingerprint density at radius 1 is 1.33 bits per heavy atom. The molecule has 0 aliphatic carbocycles. The number of halogens is 1. The Kier molecular flexibility index (Phi) is 3.16. The van der Waals surface area contributed by atoms with Crippen molar-refractivity contribution in [3.63, 3.8) is 0 Å². The molecule has 1 aromatic rings. The largest absolute Gasteiger partial charge is 0.485 e. The molecule has 2 aliphatic heterocycles. The summed E-state index contributed by atoms with van der Waals surface area (Å²) in [5.74, 6) is 1.38. The van der Waals surface area contributed by atoms with Crippen LogP contribution in [0.3, 0.4) is 0 Å². The second-order valence-electron chi connectivity index (χ2n) is 4.53. The SMILES string of the molecule is O=C(C1COc2ccccc2O1)N1CCC(Br)C1. The predicted molar refractivity (Wildman–Crippen MR) is 70.3 cm³/mol. The molecule has 1 fully saturated rings. The van der Waals surface area contributed by atoms with Crippen LogP contribution in [0.4, 0.5) is 0 Å². The lowest BCUT2D eigenvalue weighted by atomic mass is 10.2. The van der Waals surface area contributed by atoms with E-state index >= 15 is 0 Å². The van der Waals surface area contributed by atoms with E-state index in [1.54, 1.807) is 0 Å². The van der Waals surface area contributed by atoms with Gasteiger partial charge >= 0.3 is 0 Å². The fourth-order valence-electron chi connectivity index (χ4n) is 2.26. The van der Waals surface area contributed by atoms with Gasteiger partial charge < -0.3 is 14.4 Å². The molecule has 2 aliphatic rings. The summed E-state index contributed by atoms with van der Waals surface area (Å²) in [6, 6.07) is 7.44. The zero-order valence-corrected chi connectivity index (χ0v) is 11.4. The minimum Gasteiger partial charge on any atom is -0.485 e. The molecule has 5 heteroatoms. The number of carbonyl (C=O) groups excluding carboxylic acids is 1. The Labute approximate surface area is 114 Å². The van der Waals surface area contributed by atoms with E-state index in [0.29, 0.717) is 22.9 Å². The zero-order valence-electron chi connectivity index (χ0n) is 9.84. The van der Waals surface area contributed by atoms with Crippen molar-refractivity contribution >= 4 is 21.8 Å². The third kappa shape index (κ3) is 2.19. The van der Waals surface area contributed by atoms with Crippen LogP contribution in [0.25, 0.3) is 0 Å². The summed E-state index contributed by atoms with van der Waals surface area (Å²) in [5.41, 5.74) is 0. The van der Waals surface area contributed by atoms with Crippen molar-refractivity contribution < 1.29 is 14.3 Å². The molecule has 96 valence electrons. The van der Waals surface area contributed by atoms with Gasteiger partial charge in [0.1, 0.15) is 6.61 Å². The molecule has 0 bridgehead atoms. The molecule has 1 amide bonds. The maximum Gasteiger partial charge on any atom is 0.267 e. The summed E-state index contributed by atoms with van der Waals surface area (Å²) in [6.07, 6.45) is 0.480. The molecule has 1 saturated heterocycles. The molecule has 18 heavy (non-hydrogen) atoms. The summed E-state index contributed by atoms with van der Waals surface area (Å²) in [7, 11) is 0. The molecule has 0 radical (unpaired) electrons. The van der Waals surface area contributed by atoms with Crippen LogP contribution in [-0.2, 0) is 4.79 Å². The van der Waals surface area contributed by atoms with E-state index in [4.69, 9.17) is 9.47 Å².